The summed E-state index contributed by atoms with van der Waals surface area (Å²) in [6.07, 6.45) is 3.72. The first-order valence-corrected chi connectivity index (χ1v) is 12.9. The molecule has 0 amide bonds. The third kappa shape index (κ3) is 3.20. The first kappa shape index (κ1) is 25.2. The van der Waals surface area contributed by atoms with Crippen LogP contribution in [0, 0.1) is 5.41 Å². The van der Waals surface area contributed by atoms with Crippen LogP contribution in [0.2, 0.25) is 5.02 Å². The van der Waals surface area contributed by atoms with E-state index in [9.17, 15) is 14.4 Å². The number of ether oxygens (including phenoxy) is 3. The van der Waals surface area contributed by atoms with E-state index in [1.165, 1.54) is 28.3 Å². The molecular weight excluding hydrogens is 518 g/mol. The summed E-state index contributed by atoms with van der Waals surface area (Å²) in [5, 5.41) is 0.545. The van der Waals surface area contributed by atoms with E-state index in [0.29, 0.717) is 39.0 Å². The van der Waals surface area contributed by atoms with Crippen molar-refractivity contribution in [2.45, 2.75) is 24.9 Å². The molecule has 3 aliphatic rings. The molecule has 198 valence electrons. The molecule has 39 heavy (non-hydrogen) atoms. The zero-order valence-corrected chi connectivity index (χ0v) is 22.6. The Kier molecular flexibility index (Phi) is 5.81. The number of hydrogen-bond acceptors (Lipinski definition) is 7. The van der Waals surface area contributed by atoms with Gasteiger partial charge in [-0.3, -0.25) is 14.4 Å². The van der Waals surface area contributed by atoms with E-state index in [4.69, 9.17) is 25.8 Å². The maximum absolute atomic E-state index is 14.6. The zero-order valence-electron chi connectivity index (χ0n) is 21.9. The summed E-state index contributed by atoms with van der Waals surface area (Å²) in [5.74, 6) is -0.659. The van der Waals surface area contributed by atoms with Crippen LogP contribution >= 0.6 is 11.6 Å². The fourth-order valence-corrected chi connectivity index (χ4v) is 6.99. The molecule has 7 nitrogen and oxygen atoms in total. The lowest BCUT2D eigenvalue weighted by Gasteiger charge is -2.37. The molecule has 0 N–H and O–H groups in total. The molecule has 3 aromatic rings. The molecule has 0 aromatic heterocycles. The Labute approximate surface area is 230 Å². The Bertz CT molecular complexity index is 1560. The van der Waals surface area contributed by atoms with Gasteiger partial charge >= 0.3 is 0 Å². The lowest BCUT2D eigenvalue weighted by Crippen LogP contribution is -2.48. The summed E-state index contributed by atoms with van der Waals surface area (Å²) >= 11 is 6.30. The molecule has 8 heteroatoms. The Morgan fingerprint density at radius 2 is 1.56 bits per heavy atom. The topological polar surface area (TPSA) is 82.1 Å². The molecule has 0 unspecified atom stereocenters. The van der Waals surface area contributed by atoms with E-state index in [2.05, 4.69) is 0 Å². The highest BCUT2D eigenvalue weighted by Crippen LogP contribution is 2.62. The van der Waals surface area contributed by atoms with Crippen molar-refractivity contribution < 1.29 is 28.6 Å². The minimum Gasteiger partial charge on any atom is -0.493 e. The minimum atomic E-state index is -1.62. The van der Waals surface area contributed by atoms with Crippen LogP contribution in [0.3, 0.4) is 0 Å². The molecule has 1 saturated heterocycles. The fourth-order valence-electron chi connectivity index (χ4n) is 6.81. The number of Topliss-reactive ketones (excluding diaryl/α,β-unsaturated/α-hetero) is 3. The number of benzene rings is 3. The van der Waals surface area contributed by atoms with Gasteiger partial charge < -0.3 is 19.1 Å². The first-order valence-electron chi connectivity index (χ1n) is 12.5. The highest BCUT2D eigenvalue weighted by Gasteiger charge is 2.71. The Morgan fingerprint density at radius 1 is 0.897 bits per heavy atom. The number of carbonyl (C=O) groups excluding carboxylic acids is 3. The number of fused-ring (bicyclic) bond motifs is 5. The average molecular weight is 544 g/mol. The van der Waals surface area contributed by atoms with Gasteiger partial charge in [0.2, 0.25) is 5.75 Å². The summed E-state index contributed by atoms with van der Waals surface area (Å²) < 4.78 is 17.0. The second kappa shape index (κ2) is 8.99. The molecule has 3 aromatic carbocycles. The second-order valence-electron chi connectivity index (χ2n) is 9.94. The van der Waals surface area contributed by atoms with Crippen molar-refractivity contribution in [2.75, 3.05) is 26.2 Å². The van der Waals surface area contributed by atoms with E-state index < -0.39 is 23.4 Å². The van der Waals surface area contributed by atoms with Crippen molar-refractivity contribution in [3.8, 4) is 17.2 Å². The van der Waals surface area contributed by atoms with Crippen LogP contribution in [0.4, 0.5) is 5.69 Å². The van der Waals surface area contributed by atoms with Crippen LogP contribution in [0.25, 0.3) is 6.08 Å². The SMILES string of the molecule is COc1ccc([C@@H]2[C@H](C(C)=O)N3c4ccc(Cl)cc4C=C[C@H]3C23C(=O)c2ccccc2C3=O)c(OC)c1OC. The number of nitrogens with zero attached hydrogens (tertiary/aromatic N) is 1. The molecule has 0 saturated carbocycles. The van der Waals surface area contributed by atoms with Gasteiger partial charge in [-0.1, -0.05) is 54.1 Å². The molecule has 1 aliphatic carbocycles. The molecule has 0 bridgehead atoms. The van der Waals surface area contributed by atoms with Crippen molar-refractivity contribution in [1.29, 1.82) is 0 Å². The molecular formula is C31H26ClNO6. The minimum absolute atomic E-state index is 0.188. The number of anilines is 1. The molecule has 2 aliphatic heterocycles. The van der Waals surface area contributed by atoms with Crippen LogP contribution in [-0.4, -0.2) is 50.8 Å². The average Bonchev–Trinajstić information content (AvgIpc) is 3.38. The summed E-state index contributed by atoms with van der Waals surface area (Å²) in [4.78, 5) is 44.7. The van der Waals surface area contributed by atoms with Gasteiger partial charge in [-0.15, -0.1) is 0 Å². The van der Waals surface area contributed by atoms with Crippen molar-refractivity contribution in [1.82, 2.24) is 0 Å². The number of rotatable bonds is 5. The van der Waals surface area contributed by atoms with Crippen molar-refractivity contribution in [3.63, 3.8) is 0 Å². The number of carbonyl (C=O) groups is 3. The van der Waals surface area contributed by atoms with Gasteiger partial charge in [-0.2, -0.15) is 0 Å². The third-order valence-electron chi connectivity index (χ3n) is 8.25. The Hall–Kier alpha value is -4.10. The van der Waals surface area contributed by atoms with Crippen LogP contribution in [-0.2, 0) is 4.79 Å². The largest absolute Gasteiger partial charge is 0.493 e. The Morgan fingerprint density at radius 3 is 2.15 bits per heavy atom. The number of hydrogen-bond donors (Lipinski definition) is 0. The van der Waals surface area contributed by atoms with Crippen LogP contribution in [0.1, 0.15) is 44.7 Å². The fraction of sp³-hybridized carbons (Fsp3) is 0.258. The lowest BCUT2D eigenvalue weighted by atomic mass is 9.64. The summed E-state index contributed by atoms with van der Waals surface area (Å²) in [7, 11) is 4.49. The standard InChI is InChI=1S/C31H26ClNO6/c1-16(34)26-25(21-11-13-23(37-2)28(39-4)27(21)38-3)31(29(35)19-7-5-6-8-20(19)30(31)36)24-14-9-17-15-18(32)10-12-22(17)33(24)26/h5-15,24-26H,1-4H3/t24-,25+,26-/m0/s1. The lowest BCUT2D eigenvalue weighted by molar-refractivity contribution is -0.118. The van der Waals surface area contributed by atoms with E-state index >= 15 is 0 Å². The summed E-state index contributed by atoms with van der Waals surface area (Å²) in [5.41, 5.74) is 1.13. The van der Waals surface area contributed by atoms with Crippen LogP contribution in [0.15, 0.2) is 60.7 Å². The molecule has 1 spiro atoms. The van der Waals surface area contributed by atoms with Gasteiger partial charge in [-0.05, 0) is 36.8 Å². The third-order valence-corrected chi connectivity index (χ3v) is 8.49. The number of halogens is 1. The molecule has 2 heterocycles. The van der Waals surface area contributed by atoms with Gasteiger partial charge in [0, 0.05) is 33.3 Å². The van der Waals surface area contributed by atoms with Gasteiger partial charge in [0.25, 0.3) is 0 Å². The monoisotopic (exact) mass is 543 g/mol. The van der Waals surface area contributed by atoms with Gasteiger partial charge in [-0.25, -0.2) is 0 Å². The smallest absolute Gasteiger partial charge is 0.203 e. The van der Waals surface area contributed by atoms with E-state index in [0.717, 1.165) is 11.3 Å². The van der Waals surface area contributed by atoms with Crippen LogP contribution < -0.4 is 19.1 Å². The predicted octanol–water partition coefficient (Wildman–Crippen LogP) is 5.39. The maximum atomic E-state index is 14.6. The number of ketones is 3. The normalized spacial score (nSPS) is 22.0. The second-order valence-corrected chi connectivity index (χ2v) is 10.4. The molecule has 6 rings (SSSR count). The highest BCUT2D eigenvalue weighted by atomic mass is 35.5. The zero-order chi connectivity index (χ0) is 27.6. The van der Waals surface area contributed by atoms with Gasteiger partial charge in [0.05, 0.1) is 33.4 Å². The van der Waals surface area contributed by atoms with E-state index in [1.54, 1.807) is 42.5 Å². The molecule has 3 atom stereocenters. The van der Waals surface area contributed by atoms with Crippen molar-refractivity contribution in [3.05, 3.63) is 87.9 Å². The summed E-state index contributed by atoms with van der Waals surface area (Å²) in [6.45, 7) is 1.49. The van der Waals surface area contributed by atoms with E-state index in [-0.39, 0.29) is 17.3 Å². The maximum Gasteiger partial charge on any atom is 0.203 e. The first-order chi connectivity index (χ1) is 18.8. The summed E-state index contributed by atoms with van der Waals surface area (Å²) in [6, 6.07) is 14.1. The van der Waals surface area contributed by atoms with Gasteiger partial charge in [0.15, 0.2) is 28.8 Å². The Balaban J connectivity index is 1.71. The predicted molar refractivity (Wildman–Crippen MR) is 148 cm³/mol. The molecule has 0 radical (unpaired) electrons. The number of methoxy groups -OCH3 is 3. The van der Waals surface area contributed by atoms with Gasteiger partial charge in [0.1, 0.15) is 5.41 Å². The highest BCUT2D eigenvalue weighted by molar-refractivity contribution is 6.32. The van der Waals surface area contributed by atoms with Crippen molar-refractivity contribution in [2.24, 2.45) is 5.41 Å². The van der Waals surface area contributed by atoms with Crippen LogP contribution in [0.5, 0.6) is 17.2 Å². The van der Waals surface area contributed by atoms with Crippen molar-refractivity contribution >= 4 is 40.7 Å². The van der Waals surface area contributed by atoms with E-state index in [1.807, 2.05) is 29.2 Å². The molecule has 1 fully saturated rings. The quantitative estimate of drug-likeness (QED) is 0.399.